The number of hydrogen-bond acceptors (Lipinski definition) is 3. The number of hydrogen-bond donors (Lipinski definition) is 0. The second-order valence-electron chi connectivity index (χ2n) is 11.8. The zero-order valence-corrected chi connectivity index (χ0v) is 25.5. The molecule has 7 aromatic rings. The zero-order valence-electron chi connectivity index (χ0n) is 24.7. The van der Waals surface area contributed by atoms with Crippen molar-refractivity contribution in [3.05, 3.63) is 157 Å². The molecule has 0 atom stereocenters. The fourth-order valence-corrected chi connectivity index (χ4v) is 7.86. The lowest BCUT2D eigenvalue weighted by Gasteiger charge is -2.34. The van der Waals surface area contributed by atoms with E-state index in [1.165, 1.54) is 32.0 Å². The van der Waals surface area contributed by atoms with Gasteiger partial charge in [-0.1, -0.05) is 153 Å². The van der Waals surface area contributed by atoms with E-state index in [1.54, 1.807) is 0 Å². The van der Waals surface area contributed by atoms with E-state index in [-0.39, 0.29) is 5.41 Å². The fraction of sp³-hybridized carbons (Fsp3) is 0.0732. The molecule has 0 unspecified atom stereocenters. The van der Waals surface area contributed by atoms with Crippen molar-refractivity contribution in [2.75, 3.05) is 0 Å². The minimum atomic E-state index is -0.0194. The molecule has 210 valence electrons. The average molecular weight is 583 g/mol. The molecule has 0 aliphatic carbocycles. The van der Waals surface area contributed by atoms with Crippen LogP contribution in [0.2, 0.25) is 0 Å². The highest BCUT2D eigenvalue weighted by Gasteiger charge is 2.32. The van der Waals surface area contributed by atoms with Crippen LogP contribution >= 0.6 is 11.8 Å². The van der Waals surface area contributed by atoms with E-state index in [4.69, 9.17) is 9.97 Å². The highest BCUT2D eigenvalue weighted by atomic mass is 32.2. The third kappa shape index (κ3) is 4.52. The van der Waals surface area contributed by atoms with Crippen LogP contribution < -0.4 is 0 Å². The molecule has 44 heavy (non-hydrogen) atoms. The lowest BCUT2D eigenvalue weighted by atomic mass is 9.77. The van der Waals surface area contributed by atoms with Crippen molar-refractivity contribution in [3.63, 3.8) is 0 Å². The molecule has 6 aromatic carbocycles. The van der Waals surface area contributed by atoms with Gasteiger partial charge in [-0.3, -0.25) is 0 Å². The molecule has 1 aromatic heterocycles. The first-order valence-corrected chi connectivity index (χ1v) is 15.8. The first-order valence-electron chi connectivity index (χ1n) is 15.0. The summed E-state index contributed by atoms with van der Waals surface area (Å²) in [5.74, 6) is 0.733. The van der Waals surface area contributed by atoms with Crippen molar-refractivity contribution < 1.29 is 0 Å². The Hall–Kier alpha value is -4.99. The topological polar surface area (TPSA) is 25.8 Å². The van der Waals surface area contributed by atoms with Crippen molar-refractivity contribution in [3.8, 4) is 44.9 Å². The minimum Gasteiger partial charge on any atom is -0.228 e. The van der Waals surface area contributed by atoms with E-state index < -0.39 is 0 Å². The Morgan fingerprint density at radius 3 is 1.95 bits per heavy atom. The maximum Gasteiger partial charge on any atom is 0.161 e. The third-order valence-corrected chi connectivity index (χ3v) is 9.92. The largest absolute Gasteiger partial charge is 0.228 e. The van der Waals surface area contributed by atoms with Crippen molar-refractivity contribution in [1.29, 1.82) is 0 Å². The molecule has 0 N–H and O–H groups in total. The summed E-state index contributed by atoms with van der Waals surface area (Å²) in [7, 11) is 0. The second-order valence-corrected chi connectivity index (χ2v) is 12.9. The lowest BCUT2D eigenvalue weighted by molar-refractivity contribution is 0.607. The van der Waals surface area contributed by atoms with Crippen LogP contribution in [0.1, 0.15) is 25.0 Å². The molecule has 1 aliphatic rings. The predicted octanol–water partition coefficient (Wildman–Crippen LogP) is 11.1. The van der Waals surface area contributed by atoms with E-state index >= 15 is 0 Å². The average Bonchev–Trinajstić information content (AvgIpc) is 3.08. The van der Waals surface area contributed by atoms with Crippen LogP contribution in [0.5, 0.6) is 0 Å². The molecule has 0 saturated carbocycles. The number of fused-ring (bicyclic) bond motifs is 3. The van der Waals surface area contributed by atoms with Crippen LogP contribution in [0.3, 0.4) is 0 Å². The summed E-state index contributed by atoms with van der Waals surface area (Å²) in [4.78, 5) is 12.9. The highest BCUT2D eigenvalue weighted by molar-refractivity contribution is 7.99. The molecule has 0 bridgehead atoms. The molecule has 0 fully saturated rings. The third-order valence-electron chi connectivity index (χ3n) is 8.78. The van der Waals surface area contributed by atoms with Crippen LogP contribution in [0.4, 0.5) is 0 Å². The Bertz CT molecular complexity index is 2160. The van der Waals surface area contributed by atoms with Gasteiger partial charge in [0.1, 0.15) is 0 Å². The second kappa shape index (κ2) is 10.6. The quantitative estimate of drug-likeness (QED) is 0.206. The van der Waals surface area contributed by atoms with Gasteiger partial charge >= 0.3 is 0 Å². The van der Waals surface area contributed by atoms with E-state index in [9.17, 15) is 0 Å². The molecule has 8 rings (SSSR count). The molecule has 2 heterocycles. The number of rotatable bonds is 4. The lowest BCUT2D eigenvalue weighted by Crippen LogP contribution is -2.23. The van der Waals surface area contributed by atoms with Crippen molar-refractivity contribution in [2.45, 2.75) is 29.1 Å². The summed E-state index contributed by atoms with van der Waals surface area (Å²) in [5, 5.41) is 1.05. The Morgan fingerprint density at radius 2 is 1.11 bits per heavy atom. The van der Waals surface area contributed by atoms with Crippen molar-refractivity contribution in [1.82, 2.24) is 9.97 Å². The number of nitrogens with zero attached hydrogens (tertiary/aromatic N) is 2. The summed E-state index contributed by atoms with van der Waals surface area (Å²) in [5.41, 5.74) is 11.5. The molecule has 0 spiro atoms. The maximum absolute atomic E-state index is 5.15. The maximum atomic E-state index is 5.15. The predicted molar refractivity (Wildman–Crippen MR) is 184 cm³/mol. The van der Waals surface area contributed by atoms with E-state index in [1.807, 2.05) is 30.0 Å². The smallest absolute Gasteiger partial charge is 0.161 e. The van der Waals surface area contributed by atoms with Crippen LogP contribution in [-0.2, 0) is 5.41 Å². The molecule has 2 nitrogen and oxygen atoms in total. The Labute approximate surface area is 262 Å². The van der Waals surface area contributed by atoms with Gasteiger partial charge in [0.2, 0.25) is 0 Å². The molecule has 0 radical (unpaired) electrons. The Morgan fingerprint density at radius 1 is 0.477 bits per heavy atom. The molecular formula is C41H30N2S. The van der Waals surface area contributed by atoms with Gasteiger partial charge in [0, 0.05) is 31.7 Å². The molecule has 3 heteroatoms. The van der Waals surface area contributed by atoms with Gasteiger partial charge in [0.05, 0.1) is 11.2 Å². The van der Waals surface area contributed by atoms with Gasteiger partial charge in [-0.2, -0.15) is 0 Å². The summed E-state index contributed by atoms with van der Waals surface area (Å²) in [6.45, 7) is 4.66. The Kier molecular flexibility index (Phi) is 6.43. The summed E-state index contributed by atoms with van der Waals surface area (Å²) < 4.78 is 0. The van der Waals surface area contributed by atoms with Crippen LogP contribution in [0.15, 0.2) is 155 Å². The van der Waals surface area contributed by atoms with Gasteiger partial charge < -0.3 is 0 Å². The van der Waals surface area contributed by atoms with Crippen LogP contribution in [0, 0.1) is 0 Å². The summed E-state index contributed by atoms with van der Waals surface area (Å²) >= 11 is 1.88. The summed E-state index contributed by atoms with van der Waals surface area (Å²) in [6.07, 6.45) is 0. The SMILES string of the molecule is CC1(C)c2ccccc2Sc2cc(-c3ccc(-c4ccccc4-c4nc(-c5ccccc5)c5ccccc5n4)cc3)ccc21. The molecule has 0 saturated heterocycles. The van der Waals surface area contributed by atoms with Crippen LogP contribution in [-0.4, -0.2) is 9.97 Å². The van der Waals surface area contributed by atoms with E-state index in [2.05, 4.69) is 141 Å². The normalized spacial score (nSPS) is 13.3. The fourth-order valence-electron chi connectivity index (χ4n) is 6.42. The first-order chi connectivity index (χ1) is 21.6. The molecular weight excluding hydrogens is 553 g/mol. The van der Waals surface area contributed by atoms with Gasteiger partial charge in [-0.25, -0.2) is 9.97 Å². The van der Waals surface area contributed by atoms with Crippen molar-refractivity contribution in [2.24, 2.45) is 0 Å². The molecule has 1 aliphatic heterocycles. The number of benzene rings is 6. The monoisotopic (exact) mass is 582 g/mol. The van der Waals surface area contributed by atoms with E-state index in [0.29, 0.717) is 0 Å². The molecule has 0 amide bonds. The van der Waals surface area contributed by atoms with Crippen LogP contribution in [0.25, 0.3) is 55.8 Å². The number of para-hydroxylation sites is 1. The highest BCUT2D eigenvalue weighted by Crippen LogP contribution is 2.49. The van der Waals surface area contributed by atoms with Gasteiger partial charge in [-0.05, 0) is 51.6 Å². The first kappa shape index (κ1) is 26.6. The number of aromatic nitrogens is 2. The van der Waals surface area contributed by atoms with Gasteiger partial charge in [-0.15, -0.1) is 0 Å². The summed E-state index contributed by atoms with van der Waals surface area (Å²) in [6, 6.07) is 51.7. The zero-order chi connectivity index (χ0) is 29.7. The van der Waals surface area contributed by atoms with Crippen molar-refractivity contribution >= 4 is 22.7 Å². The van der Waals surface area contributed by atoms with Gasteiger partial charge in [0.15, 0.2) is 5.82 Å². The van der Waals surface area contributed by atoms with E-state index in [0.717, 1.165) is 44.7 Å². The van der Waals surface area contributed by atoms with Gasteiger partial charge in [0.25, 0.3) is 0 Å². The minimum absolute atomic E-state index is 0.0194. The standard InChI is InChI=1S/C41H30N2S/c1-41(2)34-17-9-11-19-37(34)44-38-26-30(24-25-35(38)41)27-20-22-28(23-21-27)31-14-6-7-15-32(31)40-42-36-18-10-8-16-33(36)39(43-40)29-12-4-3-5-13-29/h3-26H,1-2H3. The Balaban J connectivity index is 1.17.